The highest BCUT2D eigenvalue weighted by Gasteiger charge is 2.38. The monoisotopic (exact) mass is 523 g/mol. The van der Waals surface area contributed by atoms with Crippen LogP contribution >= 0.6 is 0 Å². The molecule has 0 bridgehead atoms. The number of benzene rings is 1. The van der Waals surface area contributed by atoms with Crippen molar-refractivity contribution in [2.75, 3.05) is 0 Å². The first kappa shape index (κ1) is 31.9. The molecule has 37 heavy (non-hydrogen) atoms. The van der Waals surface area contributed by atoms with Gasteiger partial charge in [0.2, 0.25) is 0 Å². The van der Waals surface area contributed by atoms with E-state index >= 15 is 0 Å². The maximum atomic E-state index is 12.6. The number of aliphatic carboxylic acids is 1. The zero-order valence-corrected chi connectivity index (χ0v) is 23.5. The molecule has 3 N–H and O–H groups in total. The highest BCUT2D eigenvalue weighted by Crippen LogP contribution is 2.34. The number of carboxylic acid groups (broad SMARTS) is 1. The highest BCUT2D eigenvalue weighted by molar-refractivity contribution is 5.82. The Labute approximate surface area is 218 Å². The number of carbonyl (C=O) groups is 4. The Hall–Kier alpha value is -3.14. The van der Waals surface area contributed by atoms with E-state index < -0.39 is 52.1 Å². The molecular formula is C27H41NO9. The SMILES string of the molecule is C[C@@H](CC(N)(Cc1ccc(OC(=O)C(C)(C)C)c(OC(=O)C(C)(C)C)c1)C(=O)O)OC(=O)OC(C)(C)C. The summed E-state index contributed by atoms with van der Waals surface area (Å²) in [4.78, 5) is 49.2. The lowest BCUT2D eigenvalue weighted by Gasteiger charge is -2.29. The standard InChI is InChI=1S/C27H41NO9/c1-16(34-23(33)37-26(8,9)10)14-27(28,20(29)30)15-17-11-12-18(35-21(31)24(2,3)4)19(13-17)36-22(32)25(5,6)7/h11-13,16H,14-15,28H2,1-10H3,(H,29,30)/t16-,27?/m0/s1. The number of ether oxygens (including phenoxy) is 4. The van der Waals surface area contributed by atoms with Crippen molar-refractivity contribution in [1.29, 1.82) is 0 Å². The second-order valence-electron chi connectivity index (χ2n) is 12.3. The summed E-state index contributed by atoms with van der Waals surface area (Å²) in [5.74, 6) is -2.46. The Morgan fingerprint density at radius 2 is 1.35 bits per heavy atom. The molecule has 1 unspecified atom stereocenters. The summed E-state index contributed by atoms with van der Waals surface area (Å²) >= 11 is 0. The molecule has 0 radical (unpaired) electrons. The van der Waals surface area contributed by atoms with Crippen LogP contribution in [-0.2, 0) is 30.3 Å². The molecule has 10 nitrogen and oxygen atoms in total. The second kappa shape index (κ2) is 11.5. The Bertz CT molecular complexity index is 1010. The number of carboxylic acids is 1. The first-order valence-corrected chi connectivity index (χ1v) is 12.0. The average molecular weight is 524 g/mol. The van der Waals surface area contributed by atoms with Gasteiger partial charge in [-0.05, 0) is 86.9 Å². The van der Waals surface area contributed by atoms with E-state index in [2.05, 4.69) is 0 Å². The Morgan fingerprint density at radius 1 is 0.865 bits per heavy atom. The van der Waals surface area contributed by atoms with Gasteiger partial charge in [0, 0.05) is 12.8 Å². The van der Waals surface area contributed by atoms with Gasteiger partial charge in [0.05, 0.1) is 10.8 Å². The number of hydrogen-bond donors (Lipinski definition) is 2. The summed E-state index contributed by atoms with van der Waals surface area (Å²) < 4.78 is 21.3. The van der Waals surface area contributed by atoms with Crippen LogP contribution in [0, 0.1) is 10.8 Å². The first-order chi connectivity index (χ1) is 16.5. The normalized spacial score (nSPS) is 14.7. The molecule has 0 spiro atoms. The summed E-state index contributed by atoms with van der Waals surface area (Å²) in [6.45, 7) is 16.6. The summed E-state index contributed by atoms with van der Waals surface area (Å²) in [6, 6.07) is 4.37. The Kier molecular flexibility index (Phi) is 9.91. The van der Waals surface area contributed by atoms with E-state index in [1.807, 2.05) is 0 Å². The second-order valence-corrected chi connectivity index (χ2v) is 12.3. The van der Waals surface area contributed by atoms with Gasteiger partial charge in [0.1, 0.15) is 17.2 Å². The van der Waals surface area contributed by atoms with Gasteiger partial charge in [-0.3, -0.25) is 14.4 Å². The van der Waals surface area contributed by atoms with Gasteiger partial charge in [-0.2, -0.15) is 0 Å². The summed E-state index contributed by atoms with van der Waals surface area (Å²) in [7, 11) is 0. The van der Waals surface area contributed by atoms with Crippen molar-refractivity contribution in [3.8, 4) is 11.5 Å². The minimum Gasteiger partial charge on any atom is -0.480 e. The average Bonchev–Trinajstić information content (AvgIpc) is 2.66. The van der Waals surface area contributed by atoms with Crippen molar-refractivity contribution < 1.29 is 43.2 Å². The number of hydrogen-bond acceptors (Lipinski definition) is 9. The molecule has 2 atom stereocenters. The largest absolute Gasteiger partial charge is 0.509 e. The molecule has 0 amide bonds. The van der Waals surface area contributed by atoms with E-state index in [4.69, 9.17) is 24.7 Å². The third-order valence-electron chi connectivity index (χ3n) is 4.92. The molecule has 1 aromatic carbocycles. The van der Waals surface area contributed by atoms with E-state index in [-0.39, 0.29) is 24.3 Å². The molecule has 10 heteroatoms. The van der Waals surface area contributed by atoms with Crippen LogP contribution in [0.3, 0.4) is 0 Å². The molecule has 0 saturated heterocycles. The molecule has 0 saturated carbocycles. The lowest BCUT2D eigenvalue weighted by molar-refractivity contribution is -0.145. The van der Waals surface area contributed by atoms with Crippen molar-refractivity contribution in [1.82, 2.24) is 0 Å². The van der Waals surface area contributed by atoms with Gasteiger partial charge in [-0.1, -0.05) is 6.07 Å². The summed E-state index contributed by atoms with van der Waals surface area (Å²) in [6.07, 6.45) is -2.23. The van der Waals surface area contributed by atoms with E-state index in [0.29, 0.717) is 5.56 Å². The third kappa shape index (κ3) is 10.4. The van der Waals surface area contributed by atoms with Gasteiger partial charge in [-0.25, -0.2) is 4.79 Å². The lowest BCUT2D eigenvalue weighted by atomic mass is 9.86. The van der Waals surface area contributed by atoms with E-state index in [1.165, 1.54) is 25.1 Å². The number of carbonyl (C=O) groups excluding carboxylic acids is 3. The molecule has 0 aromatic heterocycles. The quantitative estimate of drug-likeness (QED) is 0.364. The predicted octanol–water partition coefficient (Wildman–Crippen LogP) is 4.64. The molecule has 0 aliphatic heterocycles. The molecular weight excluding hydrogens is 482 g/mol. The van der Waals surface area contributed by atoms with E-state index in [1.54, 1.807) is 62.3 Å². The molecule has 1 rings (SSSR count). The summed E-state index contributed by atoms with van der Waals surface area (Å²) in [5.41, 5.74) is 2.37. The van der Waals surface area contributed by atoms with Crippen LogP contribution in [0.4, 0.5) is 4.79 Å². The Morgan fingerprint density at radius 3 is 1.78 bits per heavy atom. The van der Waals surface area contributed by atoms with E-state index in [9.17, 15) is 24.3 Å². The molecule has 0 aliphatic carbocycles. The molecule has 208 valence electrons. The fraction of sp³-hybridized carbons (Fsp3) is 0.630. The zero-order chi connectivity index (χ0) is 29.0. The molecule has 0 aliphatic rings. The fourth-order valence-corrected chi connectivity index (χ4v) is 2.92. The smallest absolute Gasteiger partial charge is 0.480 e. The topological polar surface area (TPSA) is 151 Å². The van der Waals surface area contributed by atoms with Crippen LogP contribution in [0.1, 0.15) is 81.2 Å². The number of rotatable bonds is 8. The maximum absolute atomic E-state index is 12.6. The number of esters is 2. The van der Waals surface area contributed by atoms with Crippen molar-refractivity contribution >= 4 is 24.1 Å². The maximum Gasteiger partial charge on any atom is 0.509 e. The van der Waals surface area contributed by atoms with Crippen LogP contribution < -0.4 is 15.2 Å². The van der Waals surface area contributed by atoms with Gasteiger partial charge in [0.25, 0.3) is 0 Å². The minimum absolute atomic E-state index is 0.0147. The van der Waals surface area contributed by atoms with Crippen LogP contribution in [0.15, 0.2) is 18.2 Å². The zero-order valence-electron chi connectivity index (χ0n) is 23.5. The lowest BCUT2D eigenvalue weighted by Crippen LogP contribution is -2.52. The molecule has 0 fully saturated rings. The van der Waals surface area contributed by atoms with E-state index in [0.717, 1.165) is 0 Å². The van der Waals surface area contributed by atoms with Crippen LogP contribution in [0.5, 0.6) is 11.5 Å². The van der Waals surface area contributed by atoms with Crippen molar-refractivity contribution in [2.45, 2.75) is 99.3 Å². The summed E-state index contributed by atoms with van der Waals surface area (Å²) in [5, 5.41) is 9.90. The van der Waals surface area contributed by atoms with Crippen molar-refractivity contribution in [3.05, 3.63) is 23.8 Å². The molecule has 0 heterocycles. The van der Waals surface area contributed by atoms with Crippen LogP contribution in [0.2, 0.25) is 0 Å². The first-order valence-electron chi connectivity index (χ1n) is 12.0. The van der Waals surface area contributed by atoms with Crippen molar-refractivity contribution in [2.24, 2.45) is 16.6 Å². The van der Waals surface area contributed by atoms with Crippen LogP contribution in [-0.4, -0.2) is 46.4 Å². The number of nitrogens with two attached hydrogens (primary N) is 1. The van der Waals surface area contributed by atoms with Crippen LogP contribution in [0.25, 0.3) is 0 Å². The highest BCUT2D eigenvalue weighted by atomic mass is 16.7. The fourth-order valence-electron chi connectivity index (χ4n) is 2.92. The van der Waals surface area contributed by atoms with Gasteiger partial charge >= 0.3 is 24.1 Å². The minimum atomic E-state index is -1.84. The van der Waals surface area contributed by atoms with Crippen molar-refractivity contribution in [3.63, 3.8) is 0 Å². The predicted molar refractivity (Wildman–Crippen MR) is 136 cm³/mol. The third-order valence-corrected chi connectivity index (χ3v) is 4.92. The van der Waals surface area contributed by atoms with Gasteiger partial charge in [-0.15, -0.1) is 0 Å². The molecule has 1 aromatic rings. The Balaban J connectivity index is 3.26. The van der Waals surface area contributed by atoms with Gasteiger partial charge < -0.3 is 29.8 Å². The van der Waals surface area contributed by atoms with Gasteiger partial charge in [0.15, 0.2) is 11.5 Å².